The molecule has 1 N–H and O–H groups in total. The van der Waals surface area contributed by atoms with Gasteiger partial charge in [0.15, 0.2) is 5.65 Å². The minimum atomic E-state index is -0.0446. The molecule has 3 rings (SSSR count). The maximum absolute atomic E-state index is 12.5. The number of hydrogen-bond acceptors (Lipinski definition) is 5. The van der Waals surface area contributed by atoms with E-state index < -0.39 is 0 Å². The van der Waals surface area contributed by atoms with Crippen LogP contribution in [0.5, 0.6) is 0 Å². The van der Waals surface area contributed by atoms with Crippen LogP contribution in [0.1, 0.15) is 30.9 Å². The predicted octanol–water partition coefficient (Wildman–Crippen LogP) is 3.53. The first kappa shape index (κ1) is 17.4. The van der Waals surface area contributed by atoms with E-state index in [1.807, 2.05) is 26.1 Å². The first-order chi connectivity index (χ1) is 12.0. The number of amides is 1. The highest BCUT2D eigenvalue weighted by atomic mass is 32.2. The summed E-state index contributed by atoms with van der Waals surface area (Å²) in [5.74, 6) is 0.587. The lowest BCUT2D eigenvalue weighted by molar-refractivity contribution is -0.113. The lowest BCUT2D eigenvalue weighted by Gasteiger charge is -2.16. The standard InChI is InChI=1S/C18H21N5OS/c1-11(2)13-7-5-6-12(3)16(13)22-15(24)9-25-18-14-8-21-23(4)17(14)19-10-20-18/h5-8,10-11H,9H2,1-4H3,(H,22,24). The summed E-state index contributed by atoms with van der Waals surface area (Å²) in [6, 6.07) is 6.09. The number of carbonyl (C=O) groups is 1. The minimum absolute atomic E-state index is 0.0446. The van der Waals surface area contributed by atoms with E-state index in [4.69, 9.17) is 0 Å². The minimum Gasteiger partial charge on any atom is -0.325 e. The van der Waals surface area contributed by atoms with Crippen LogP contribution in [0.15, 0.2) is 35.7 Å². The Balaban J connectivity index is 1.74. The van der Waals surface area contributed by atoms with E-state index in [0.29, 0.717) is 5.92 Å². The van der Waals surface area contributed by atoms with Crippen LogP contribution in [0, 0.1) is 6.92 Å². The predicted molar refractivity (Wildman–Crippen MR) is 101 cm³/mol. The molecule has 0 fully saturated rings. The van der Waals surface area contributed by atoms with Crippen LogP contribution in [0.2, 0.25) is 0 Å². The molecule has 2 aromatic heterocycles. The summed E-state index contributed by atoms with van der Waals surface area (Å²) in [4.78, 5) is 21.0. The maximum atomic E-state index is 12.5. The van der Waals surface area contributed by atoms with Crippen molar-refractivity contribution in [2.75, 3.05) is 11.1 Å². The number of aromatic nitrogens is 4. The Hall–Kier alpha value is -2.41. The number of fused-ring (bicyclic) bond motifs is 1. The molecule has 7 heteroatoms. The van der Waals surface area contributed by atoms with Crippen molar-refractivity contribution in [3.63, 3.8) is 0 Å². The third-order valence-corrected chi connectivity index (χ3v) is 5.03. The van der Waals surface area contributed by atoms with Gasteiger partial charge in [-0.25, -0.2) is 9.97 Å². The van der Waals surface area contributed by atoms with Gasteiger partial charge < -0.3 is 5.32 Å². The normalized spacial score (nSPS) is 11.2. The molecule has 0 saturated carbocycles. The largest absolute Gasteiger partial charge is 0.325 e. The molecule has 130 valence electrons. The Morgan fingerprint density at radius 2 is 2.12 bits per heavy atom. The summed E-state index contributed by atoms with van der Waals surface area (Å²) in [6.45, 7) is 6.26. The fourth-order valence-electron chi connectivity index (χ4n) is 2.71. The number of nitrogens with one attached hydrogen (secondary N) is 1. The molecular weight excluding hydrogens is 334 g/mol. The summed E-state index contributed by atoms with van der Waals surface area (Å²) in [5.41, 5.74) is 3.90. The summed E-state index contributed by atoms with van der Waals surface area (Å²) in [6.07, 6.45) is 3.23. The number of carbonyl (C=O) groups excluding carboxylic acids is 1. The van der Waals surface area contributed by atoms with Gasteiger partial charge in [0.2, 0.25) is 5.91 Å². The Labute approximate surface area is 151 Å². The molecule has 0 bridgehead atoms. The lowest BCUT2D eigenvalue weighted by atomic mass is 9.98. The molecular formula is C18H21N5OS. The summed E-state index contributed by atoms with van der Waals surface area (Å²) < 4.78 is 1.70. The van der Waals surface area contributed by atoms with Crippen LogP contribution in [0.4, 0.5) is 5.69 Å². The molecule has 0 aliphatic rings. The molecule has 0 aliphatic carbocycles. The Kier molecular flexibility index (Phi) is 5.03. The summed E-state index contributed by atoms with van der Waals surface area (Å²) in [7, 11) is 1.84. The topological polar surface area (TPSA) is 72.7 Å². The zero-order chi connectivity index (χ0) is 18.0. The second-order valence-electron chi connectivity index (χ2n) is 6.21. The van der Waals surface area contributed by atoms with Crippen LogP contribution in [0.3, 0.4) is 0 Å². The van der Waals surface area contributed by atoms with Gasteiger partial charge in [-0.1, -0.05) is 43.8 Å². The second kappa shape index (κ2) is 7.23. The Bertz CT molecular complexity index is 919. The van der Waals surface area contributed by atoms with Crippen LogP contribution in [-0.2, 0) is 11.8 Å². The molecule has 2 heterocycles. The number of aryl methyl sites for hydroxylation is 2. The summed E-state index contributed by atoms with van der Waals surface area (Å²) >= 11 is 1.39. The van der Waals surface area contributed by atoms with E-state index in [2.05, 4.69) is 40.3 Å². The molecule has 0 unspecified atom stereocenters. The van der Waals surface area contributed by atoms with Gasteiger partial charge in [0, 0.05) is 12.7 Å². The SMILES string of the molecule is Cc1cccc(C(C)C)c1NC(=O)CSc1ncnc2c1cnn2C. The average Bonchev–Trinajstić information content (AvgIpc) is 2.96. The van der Waals surface area contributed by atoms with Gasteiger partial charge in [0.05, 0.1) is 17.3 Å². The van der Waals surface area contributed by atoms with Crippen molar-refractivity contribution in [2.45, 2.75) is 31.7 Å². The first-order valence-electron chi connectivity index (χ1n) is 8.12. The molecule has 0 saturated heterocycles. The molecule has 6 nitrogen and oxygen atoms in total. The van der Waals surface area contributed by atoms with Crippen molar-refractivity contribution in [1.29, 1.82) is 0 Å². The number of hydrogen-bond donors (Lipinski definition) is 1. The van der Waals surface area contributed by atoms with E-state index in [1.54, 1.807) is 10.9 Å². The molecule has 0 spiro atoms. The number of rotatable bonds is 5. The highest BCUT2D eigenvalue weighted by molar-refractivity contribution is 8.00. The lowest BCUT2D eigenvalue weighted by Crippen LogP contribution is -2.16. The molecule has 1 aromatic carbocycles. The number of benzene rings is 1. The van der Waals surface area contributed by atoms with Gasteiger partial charge in [0.25, 0.3) is 0 Å². The van der Waals surface area contributed by atoms with Crippen LogP contribution in [0.25, 0.3) is 11.0 Å². The highest BCUT2D eigenvalue weighted by Crippen LogP contribution is 2.28. The van der Waals surface area contributed by atoms with E-state index in [-0.39, 0.29) is 11.7 Å². The van der Waals surface area contributed by atoms with Crippen molar-refractivity contribution < 1.29 is 4.79 Å². The van der Waals surface area contributed by atoms with E-state index in [9.17, 15) is 4.79 Å². The smallest absolute Gasteiger partial charge is 0.234 e. The summed E-state index contributed by atoms with van der Waals surface area (Å²) in [5, 5.41) is 8.88. The molecule has 25 heavy (non-hydrogen) atoms. The maximum Gasteiger partial charge on any atom is 0.234 e. The molecule has 1 amide bonds. The molecule has 0 radical (unpaired) electrons. The molecule has 3 aromatic rings. The Morgan fingerprint density at radius 3 is 2.88 bits per heavy atom. The van der Waals surface area contributed by atoms with Gasteiger partial charge in [-0.3, -0.25) is 9.48 Å². The van der Waals surface area contributed by atoms with Gasteiger partial charge >= 0.3 is 0 Å². The molecule has 0 atom stereocenters. The van der Waals surface area contributed by atoms with Gasteiger partial charge in [-0.05, 0) is 24.0 Å². The van der Waals surface area contributed by atoms with Crippen LogP contribution >= 0.6 is 11.8 Å². The fraction of sp³-hybridized carbons (Fsp3) is 0.333. The zero-order valence-electron chi connectivity index (χ0n) is 14.8. The van der Waals surface area contributed by atoms with Crippen molar-refractivity contribution in [1.82, 2.24) is 19.7 Å². The van der Waals surface area contributed by atoms with Crippen molar-refractivity contribution in [2.24, 2.45) is 7.05 Å². The number of para-hydroxylation sites is 1. The molecule has 0 aliphatic heterocycles. The Morgan fingerprint density at radius 1 is 1.32 bits per heavy atom. The third-order valence-electron chi connectivity index (χ3n) is 4.02. The van der Waals surface area contributed by atoms with E-state index in [0.717, 1.165) is 32.9 Å². The second-order valence-corrected chi connectivity index (χ2v) is 7.18. The number of anilines is 1. The van der Waals surface area contributed by atoms with Crippen molar-refractivity contribution in [3.8, 4) is 0 Å². The van der Waals surface area contributed by atoms with Gasteiger partial charge in [0.1, 0.15) is 11.4 Å². The average molecular weight is 355 g/mol. The highest BCUT2D eigenvalue weighted by Gasteiger charge is 2.14. The van der Waals surface area contributed by atoms with E-state index in [1.165, 1.54) is 18.1 Å². The van der Waals surface area contributed by atoms with Crippen molar-refractivity contribution >= 4 is 34.4 Å². The van der Waals surface area contributed by atoms with Gasteiger partial charge in [-0.15, -0.1) is 0 Å². The third kappa shape index (κ3) is 3.66. The number of thioether (sulfide) groups is 1. The quantitative estimate of drug-likeness (QED) is 0.560. The first-order valence-corrected chi connectivity index (χ1v) is 9.10. The van der Waals surface area contributed by atoms with Gasteiger partial charge in [-0.2, -0.15) is 5.10 Å². The van der Waals surface area contributed by atoms with Crippen LogP contribution < -0.4 is 5.32 Å². The van der Waals surface area contributed by atoms with E-state index >= 15 is 0 Å². The number of nitrogens with zero attached hydrogens (tertiary/aromatic N) is 4. The van der Waals surface area contributed by atoms with Crippen molar-refractivity contribution in [3.05, 3.63) is 41.9 Å². The zero-order valence-corrected chi connectivity index (χ0v) is 15.6. The van der Waals surface area contributed by atoms with Crippen LogP contribution in [-0.4, -0.2) is 31.4 Å². The monoisotopic (exact) mass is 355 g/mol. The fourth-order valence-corrected chi connectivity index (χ4v) is 3.47.